The highest BCUT2D eigenvalue weighted by molar-refractivity contribution is 5.88. The number of aryl methyl sites for hydroxylation is 1. The van der Waals surface area contributed by atoms with Gasteiger partial charge in [0.25, 0.3) is 0 Å². The smallest absolute Gasteiger partial charge is 0.335 e. The van der Waals surface area contributed by atoms with Gasteiger partial charge in [0.1, 0.15) is 5.75 Å². The fourth-order valence-corrected chi connectivity index (χ4v) is 1.74. The monoisotopic (exact) mass is 222 g/mol. The Bertz CT molecular complexity index is 394. The van der Waals surface area contributed by atoms with Crippen molar-refractivity contribution in [2.24, 2.45) is 0 Å². The largest absolute Gasteiger partial charge is 0.507 e. The molecule has 1 rings (SSSR count). The van der Waals surface area contributed by atoms with Gasteiger partial charge in [-0.15, -0.1) is 0 Å². The zero-order valence-electron chi connectivity index (χ0n) is 9.95. The van der Waals surface area contributed by atoms with Crippen molar-refractivity contribution in [2.45, 2.75) is 39.5 Å². The molecule has 0 atom stereocenters. The number of rotatable bonds is 4. The van der Waals surface area contributed by atoms with Crippen LogP contribution < -0.4 is 0 Å². The van der Waals surface area contributed by atoms with Crippen molar-refractivity contribution in [3.63, 3.8) is 0 Å². The maximum absolute atomic E-state index is 11.0. The molecule has 2 N–H and O–H groups in total. The summed E-state index contributed by atoms with van der Waals surface area (Å²) in [5, 5.41) is 19.0. The fourth-order valence-electron chi connectivity index (χ4n) is 1.74. The van der Waals surface area contributed by atoms with Crippen molar-refractivity contribution in [3.8, 4) is 5.75 Å². The van der Waals surface area contributed by atoms with Gasteiger partial charge in [0.2, 0.25) is 0 Å². The van der Waals surface area contributed by atoms with Crippen LogP contribution in [-0.2, 0) is 6.42 Å². The van der Waals surface area contributed by atoms with E-state index in [9.17, 15) is 9.90 Å². The van der Waals surface area contributed by atoms with Gasteiger partial charge in [-0.3, -0.25) is 0 Å². The molecule has 1 aromatic rings. The van der Waals surface area contributed by atoms with E-state index in [4.69, 9.17) is 5.11 Å². The third-order valence-corrected chi connectivity index (χ3v) is 2.61. The molecule has 0 saturated heterocycles. The van der Waals surface area contributed by atoms with Crippen LogP contribution in [-0.4, -0.2) is 16.2 Å². The molecule has 0 unspecified atom stereocenters. The Balaban J connectivity index is 3.32. The van der Waals surface area contributed by atoms with Gasteiger partial charge in [-0.05, 0) is 35.6 Å². The number of hydrogen-bond donors (Lipinski definition) is 2. The lowest BCUT2D eigenvalue weighted by atomic mass is 9.94. The second kappa shape index (κ2) is 5.01. The molecule has 88 valence electrons. The van der Waals surface area contributed by atoms with Crippen molar-refractivity contribution in [1.29, 1.82) is 0 Å². The summed E-state index contributed by atoms with van der Waals surface area (Å²) in [6, 6.07) is 3.12. The number of phenolic OH excluding ortho intramolecular Hbond substituents is 1. The number of aromatic hydroxyl groups is 1. The highest BCUT2D eigenvalue weighted by atomic mass is 16.4. The molecule has 0 saturated carbocycles. The summed E-state index contributed by atoms with van der Waals surface area (Å²) in [5.41, 5.74) is 1.69. The van der Waals surface area contributed by atoms with Gasteiger partial charge in [-0.2, -0.15) is 0 Å². The normalized spacial score (nSPS) is 10.8. The predicted molar refractivity (Wildman–Crippen MR) is 63.2 cm³/mol. The van der Waals surface area contributed by atoms with Gasteiger partial charge in [0, 0.05) is 0 Å². The second-order valence-corrected chi connectivity index (χ2v) is 4.28. The molecular formula is C13H18O3. The molecule has 1 aromatic carbocycles. The summed E-state index contributed by atoms with van der Waals surface area (Å²) in [5.74, 6) is -0.573. The van der Waals surface area contributed by atoms with Crippen LogP contribution in [0.25, 0.3) is 0 Å². The number of carbonyl (C=O) groups is 1. The number of carboxylic acid groups (broad SMARTS) is 1. The molecule has 0 amide bonds. The summed E-state index contributed by atoms with van der Waals surface area (Å²) in [7, 11) is 0. The van der Waals surface area contributed by atoms with Crippen molar-refractivity contribution in [1.82, 2.24) is 0 Å². The van der Waals surface area contributed by atoms with Crippen molar-refractivity contribution in [3.05, 3.63) is 28.8 Å². The molecule has 0 fully saturated rings. The minimum Gasteiger partial charge on any atom is -0.507 e. The standard InChI is InChI=1S/C13H18O3/c1-4-5-9-6-10(13(15)16)7-11(8(2)3)12(9)14/h6-8,14H,4-5H2,1-3H3,(H,15,16). The lowest BCUT2D eigenvalue weighted by Crippen LogP contribution is -2.02. The maximum Gasteiger partial charge on any atom is 0.335 e. The van der Waals surface area contributed by atoms with Gasteiger partial charge < -0.3 is 10.2 Å². The van der Waals surface area contributed by atoms with E-state index < -0.39 is 5.97 Å². The highest BCUT2D eigenvalue weighted by Gasteiger charge is 2.15. The molecule has 0 aliphatic rings. The molecule has 0 spiro atoms. The Morgan fingerprint density at radius 3 is 2.44 bits per heavy atom. The first-order valence-electron chi connectivity index (χ1n) is 5.56. The summed E-state index contributed by atoms with van der Waals surface area (Å²) < 4.78 is 0. The predicted octanol–water partition coefficient (Wildman–Crippen LogP) is 3.17. The molecule has 0 aromatic heterocycles. The fraction of sp³-hybridized carbons (Fsp3) is 0.462. The maximum atomic E-state index is 11.0. The van der Waals surface area contributed by atoms with Crippen LogP contribution in [0.15, 0.2) is 12.1 Å². The molecular weight excluding hydrogens is 204 g/mol. The van der Waals surface area contributed by atoms with Crippen molar-refractivity contribution in [2.75, 3.05) is 0 Å². The summed E-state index contributed by atoms with van der Waals surface area (Å²) >= 11 is 0. The van der Waals surface area contributed by atoms with E-state index in [1.165, 1.54) is 0 Å². The minimum absolute atomic E-state index is 0.120. The zero-order valence-corrected chi connectivity index (χ0v) is 9.95. The number of carboxylic acids is 1. The lowest BCUT2D eigenvalue weighted by Gasteiger charge is -2.13. The molecule has 0 aliphatic carbocycles. The number of aromatic carboxylic acids is 1. The number of hydrogen-bond acceptors (Lipinski definition) is 2. The summed E-state index contributed by atoms with van der Waals surface area (Å²) in [6.07, 6.45) is 1.58. The molecule has 0 aliphatic heterocycles. The summed E-state index contributed by atoms with van der Waals surface area (Å²) in [4.78, 5) is 11.0. The van der Waals surface area contributed by atoms with Crippen LogP contribution in [0.4, 0.5) is 0 Å². The average Bonchev–Trinajstić information content (AvgIpc) is 2.20. The van der Waals surface area contributed by atoms with Crippen molar-refractivity contribution >= 4 is 5.97 Å². The molecule has 0 heterocycles. The topological polar surface area (TPSA) is 57.5 Å². The highest BCUT2D eigenvalue weighted by Crippen LogP contribution is 2.31. The van der Waals surface area contributed by atoms with Gasteiger partial charge in [0.05, 0.1) is 5.56 Å². The van der Waals surface area contributed by atoms with Gasteiger partial charge in [-0.25, -0.2) is 4.79 Å². The van der Waals surface area contributed by atoms with E-state index in [2.05, 4.69) is 0 Å². The van der Waals surface area contributed by atoms with Crippen molar-refractivity contribution < 1.29 is 15.0 Å². The quantitative estimate of drug-likeness (QED) is 0.822. The Hall–Kier alpha value is -1.51. The first-order chi connectivity index (χ1) is 7.47. The van der Waals surface area contributed by atoms with E-state index in [1.807, 2.05) is 20.8 Å². The molecule has 16 heavy (non-hydrogen) atoms. The average molecular weight is 222 g/mol. The Morgan fingerprint density at radius 2 is 2.00 bits per heavy atom. The van der Waals surface area contributed by atoms with Gasteiger partial charge in [0.15, 0.2) is 0 Å². The van der Waals surface area contributed by atoms with Crippen LogP contribution in [0.1, 0.15) is 54.6 Å². The third kappa shape index (κ3) is 2.54. The van der Waals surface area contributed by atoms with Crippen LogP contribution in [0.3, 0.4) is 0 Å². The van der Waals surface area contributed by atoms with E-state index in [1.54, 1.807) is 12.1 Å². The second-order valence-electron chi connectivity index (χ2n) is 4.28. The third-order valence-electron chi connectivity index (χ3n) is 2.61. The number of phenols is 1. The van der Waals surface area contributed by atoms with Crippen LogP contribution in [0, 0.1) is 0 Å². The molecule has 3 heteroatoms. The Kier molecular flexibility index (Phi) is 3.93. The molecule has 0 bridgehead atoms. The van der Waals surface area contributed by atoms with Gasteiger partial charge >= 0.3 is 5.97 Å². The van der Waals surface area contributed by atoms with Crippen LogP contribution in [0.5, 0.6) is 5.75 Å². The number of benzene rings is 1. The van der Waals surface area contributed by atoms with Gasteiger partial charge in [-0.1, -0.05) is 27.2 Å². The van der Waals surface area contributed by atoms with E-state index in [0.29, 0.717) is 12.0 Å². The molecule has 0 radical (unpaired) electrons. The first-order valence-corrected chi connectivity index (χ1v) is 5.56. The minimum atomic E-state index is -0.945. The molecule has 3 nitrogen and oxygen atoms in total. The lowest BCUT2D eigenvalue weighted by molar-refractivity contribution is 0.0696. The zero-order chi connectivity index (χ0) is 12.3. The van der Waals surface area contributed by atoms with E-state index >= 15 is 0 Å². The first kappa shape index (κ1) is 12.6. The van der Waals surface area contributed by atoms with Crippen LogP contribution in [0.2, 0.25) is 0 Å². The van der Waals surface area contributed by atoms with E-state index in [-0.39, 0.29) is 17.2 Å². The SMILES string of the molecule is CCCc1cc(C(=O)O)cc(C(C)C)c1O. The van der Waals surface area contributed by atoms with E-state index in [0.717, 1.165) is 12.0 Å². The van der Waals surface area contributed by atoms with Crippen LogP contribution >= 0.6 is 0 Å². The Labute approximate surface area is 95.7 Å². The Morgan fingerprint density at radius 1 is 1.38 bits per heavy atom. The summed E-state index contributed by atoms with van der Waals surface area (Å²) in [6.45, 7) is 5.88.